The highest BCUT2D eigenvalue weighted by Crippen LogP contribution is 2.24. The van der Waals surface area contributed by atoms with Crippen molar-refractivity contribution >= 4 is 12.4 Å². The van der Waals surface area contributed by atoms with Crippen LogP contribution in [0.1, 0.15) is 199 Å². The van der Waals surface area contributed by atoms with E-state index in [1.165, 1.54) is 167 Å². The number of rotatable bonds is 33. The van der Waals surface area contributed by atoms with E-state index in [4.69, 9.17) is 15.2 Å². The zero-order valence-corrected chi connectivity index (χ0v) is 29.8. The third-order valence-electron chi connectivity index (χ3n) is 8.71. The number of nitrogens with two attached hydrogens (primary N) is 1. The number of halogens is 1. The Morgan fingerprint density at radius 2 is 0.651 bits per heavy atom. The van der Waals surface area contributed by atoms with Crippen molar-refractivity contribution in [2.75, 3.05) is 13.2 Å². The fourth-order valence-corrected chi connectivity index (χ4v) is 5.89. The number of hydrogen-bond donors (Lipinski definition) is 1. The standard InChI is InChI=1S/C39H73NO2.ClH/c1-3-5-7-9-11-13-15-17-19-21-23-25-27-29-31-41-38-33-37(36-40)34-39(35-38)42-32-30-28-26-24-22-20-18-16-14-12-10-8-6-4-2;/h33-35H,3-32,36,40H2,1-2H3;1H. The molecule has 0 aliphatic rings. The molecule has 0 aromatic heterocycles. The lowest BCUT2D eigenvalue weighted by Gasteiger charge is -2.12. The predicted octanol–water partition coefficient (Wildman–Crippen LogP) is 13.3. The van der Waals surface area contributed by atoms with Crippen LogP contribution in [0.4, 0.5) is 0 Å². The molecule has 0 saturated heterocycles. The lowest BCUT2D eigenvalue weighted by Crippen LogP contribution is -2.03. The first-order chi connectivity index (χ1) is 20.8. The van der Waals surface area contributed by atoms with Gasteiger partial charge in [-0.15, -0.1) is 12.4 Å². The normalized spacial score (nSPS) is 11.0. The smallest absolute Gasteiger partial charge is 0.123 e. The summed E-state index contributed by atoms with van der Waals surface area (Å²) in [6.07, 6.45) is 38.6. The van der Waals surface area contributed by atoms with Gasteiger partial charge in [0.05, 0.1) is 13.2 Å². The Labute approximate surface area is 275 Å². The summed E-state index contributed by atoms with van der Waals surface area (Å²) in [6.45, 7) is 6.67. The van der Waals surface area contributed by atoms with E-state index < -0.39 is 0 Å². The van der Waals surface area contributed by atoms with Gasteiger partial charge in [-0.25, -0.2) is 0 Å². The minimum Gasteiger partial charge on any atom is -0.493 e. The molecule has 3 nitrogen and oxygen atoms in total. The van der Waals surface area contributed by atoms with Gasteiger partial charge in [0.15, 0.2) is 0 Å². The average Bonchev–Trinajstić information content (AvgIpc) is 3.01. The summed E-state index contributed by atoms with van der Waals surface area (Å²) in [5, 5.41) is 0. The Balaban J connectivity index is 0.0000176. The van der Waals surface area contributed by atoms with E-state index in [9.17, 15) is 0 Å². The summed E-state index contributed by atoms with van der Waals surface area (Å²) in [6, 6.07) is 6.19. The first-order valence-electron chi connectivity index (χ1n) is 18.9. The minimum atomic E-state index is 0. The number of hydrogen-bond acceptors (Lipinski definition) is 3. The van der Waals surface area contributed by atoms with Crippen LogP contribution in [0.2, 0.25) is 0 Å². The van der Waals surface area contributed by atoms with Gasteiger partial charge in [0.25, 0.3) is 0 Å². The van der Waals surface area contributed by atoms with Gasteiger partial charge in [-0.1, -0.05) is 181 Å². The topological polar surface area (TPSA) is 44.5 Å². The van der Waals surface area contributed by atoms with Gasteiger partial charge in [-0.3, -0.25) is 0 Å². The molecule has 1 rings (SSSR count). The van der Waals surface area contributed by atoms with E-state index in [0.717, 1.165) is 43.1 Å². The summed E-state index contributed by atoms with van der Waals surface area (Å²) >= 11 is 0. The molecule has 0 aliphatic carbocycles. The van der Waals surface area contributed by atoms with Crippen LogP contribution in [-0.4, -0.2) is 13.2 Å². The Morgan fingerprint density at radius 1 is 0.395 bits per heavy atom. The van der Waals surface area contributed by atoms with Crippen molar-refractivity contribution in [3.8, 4) is 11.5 Å². The molecule has 1 aromatic carbocycles. The van der Waals surface area contributed by atoms with Crippen molar-refractivity contribution in [1.82, 2.24) is 0 Å². The Morgan fingerprint density at radius 3 is 0.907 bits per heavy atom. The van der Waals surface area contributed by atoms with Crippen LogP contribution >= 0.6 is 12.4 Å². The molecule has 0 heterocycles. The largest absolute Gasteiger partial charge is 0.493 e. The molecule has 43 heavy (non-hydrogen) atoms. The number of ether oxygens (including phenoxy) is 2. The van der Waals surface area contributed by atoms with E-state index in [-0.39, 0.29) is 12.4 Å². The van der Waals surface area contributed by atoms with Crippen molar-refractivity contribution < 1.29 is 9.47 Å². The van der Waals surface area contributed by atoms with Crippen LogP contribution in [-0.2, 0) is 6.54 Å². The molecule has 0 radical (unpaired) electrons. The molecule has 0 amide bonds. The monoisotopic (exact) mass is 624 g/mol. The molecule has 0 fully saturated rings. The predicted molar refractivity (Wildman–Crippen MR) is 193 cm³/mol. The summed E-state index contributed by atoms with van der Waals surface area (Å²) in [7, 11) is 0. The Kier molecular flexibility index (Phi) is 33.2. The van der Waals surface area contributed by atoms with Gasteiger partial charge in [0.2, 0.25) is 0 Å². The van der Waals surface area contributed by atoms with E-state index in [1.54, 1.807) is 0 Å². The molecule has 0 atom stereocenters. The second kappa shape index (κ2) is 34.0. The molecule has 0 saturated carbocycles. The van der Waals surface area contributed by atoms with Crippen LogP contribution in [0.5, 0.6) is 11.5 Å². The summed E-state index contributed by atoms with van der Waals surface area (Å²) in [5.41, 5.74) is 7.04. The maximum atomic E-state index is 6.09. The van der Waals surface area contributed by atoms with Crippen LogP contribution < -0.4 is 15.2 Å². The highest BCUT2D eigenvalue weighted by atomic mass is 35.5. The second-order valence-corrected chi connectivity index (χ2v) is 12.9. The third kappa shape index (κ3) is 28.3. The van der Waals surface area contributed by atoms with Crippen molar-refractivity contribution in [1.29, 1.82) is 0 Å². The maximum Gasteiger partial charge on any atom is 0.123 e. The summed E-state index contributed by atoms with van der Waals surface area (Å²) < 4.78 is 12.2. The zero-order valence-electron chi connectivity index (χ0n) is 29.0. The van der Waals surface area contributed by atoms with Crippen LogP contribution in [0.3, 0.4) is 0 Å². The minimum absolute atomic E-state index is 0. The van der Waals surface area contributed by atoms with Gasteiger partial charge in [0.1, 0.15) is 11.5 Å². The van der Waals surface area contributed by atoms with Crippen molar-refractivity contribution in [3.63, 3.8) is 0 Å². The van der Waals surface area contributed by atoms with Gasteiger partial charge < -0.3 is 15.2 Å². The lowest BCUT2D eigenvalue weighted by molar-refractivity contribution is 0.289. The van der Waals surface area contributed by atoms with E-state index in [0.29, 0.717) is 6.54 Å². The first-order valence-corrected chi connectivity index (χ1v) is 18.9. The quantitative estimate of drug-likeness (QED) is 0.0792. The Bertz CT molecular complexity index is 631. The molecule has 254 valence electrons. The molecule has 0 bridgehead atoms. The SMILES string of the molecule is CCCCCCCCCCCCCCCCOc1cc(CN)cc(OCCCCCCCCCCCCCCCC)c1.Cl. The molecular formula is C39H74ClNO2. The molecule has 0 spiro atoms. The van der Waals surface area contributed by atoms with Gasteiger partial charge >= 0.3 is 0 Å². The van der Waals surface area contributed by atoms with E-state index in [1.807, 2.05) is 6.07 Å². The first kappa shape index (κ1) is 42.1. The maximum absolute atomic E-state index is 6.09. The number of unbranched alkanes of at least 4 members (excludes halogenated alkanes) is 26. The molecule has 1 aromatic rings. The van der Waals surface area contributed by atoms with E-state index >= 15 is 0 Å². The highest BCUT2D eigenvalue weighted by Gasteiger charge is 2.04. The molecule has 0 unspecified atom stereocenters. The molecule has 4 heteroatoms. The van der Waals surface area contributed by atoms with Crippen molar-refractivity contribution in [2.24, 2.45) is 5.73 Å². The third-order valence-corrected chi connectivity index (χ3v) is 8.71. The fraction of sp³-hybridized carbons (Fsp3) is 0.846. The fourth-order valence-electron chi connectivity index (χ4n) is 5.89. The number of benzene rings is 1. The van der Waals surface area contributed by atoms with Gasteiger partial charge in [-0.05, 0) is 30.5 Å². The van der Waals surface area contributed by atoms with Crippen molar-refractivity contribution in [2.45, 2.75) is 200 Å². The van der Waals surface area contributed by atoms with E-state index in [2.05, 4.69) is 26.0 Å². The lowest BCUT2D eigenvalue weighted by atomic mass is 10.0. The second-order valence-electron chi connectivity index (χ2n) is 12.9. The Hall–Kier alpha value is -0.930. The van der Waals surface area contributed by atoms with Gasteiger partial charge in [0, 0.05) is 12.6 Å². The summed E-state index contributed by atoms with van der Waals surface area (Å²) in [4.78, 5) is 0. The molecule has 2 N–H and O–H groups in total. The summed E-state index contributed by atoms with van der Waals surface area (Å²) in [5.74, 6) is 1.81. The van der Waals surface area contributed by atoms with Gasteiger partial charge in [-0.2, -0.15) is 0 Å². The van der Waals surface area contributed by atoms with Crippen LogP contribution in [0.25, 0.3) is 0 Å². The average molecular weight is 624 g/mol. The molecular weight excluding hydrogens is 550 g/mol. The zero-order chi connectivity index (χ0) is 30.2. The van der Waals surface area contributed by atoms with Crippen LogP contribution in [0.15, 0.2) is 18.2 Å². The molecule has 0 aliphatic heterocycles. The highest BCUT2D eigenvalue weighted by molar-refractivity contribution is 5.85. The van der Waals surface area contributed by atoms with Crippen LogP contribution in [0, 0.1) is 0 Å². The van der Waals surface area contributed by atoms with Crippen molar-refractivity contribution in [3.05, 3.63) is 23.8 Å².